The van der Waals surface area contributed by atoms with Gasteiger partial charge in [-0.25, -0.2) is 0 Å². The van der Waals surface area contributed by atoms with Crippen LogP contribution in [0.2, 0.25) is 0 Å². The normalized spacial score (nSPS) is 10.7. The first kappa shape index (κ1) is 14.0. The van der Waals surface area contributed by atoms with Gasteiger partial charge in [-0.2, -0.15) is 4.98 Å². The Hall–Kier alpha value is -1.40. The molecule has 0 aliphatic heterocycles. The third kappa shape index (κ3) is 3.78. The average molecular weight is 326 g/mol. The zero-order valence-corrected chi connectivity index (χ0v) is 12.3. The van der Waals surface area contributed by atoms with Gasteiger partial charge in [0.1, 0.15) is 5.75 Å². The molecule has 0 unspecified atom stereocenters. The third-order valence-electron chi connectivity index (χ3n) is 2.61. The van der Waals surface area contributed by atoms with Crippen molar-refractivity contribution in [3.63, 3.8) is 0 Å². The summed E-state index contributed by atoms with van der Waals surface area (Å²) in [5.74, 6) is 1.97. The highest BCUT2D eigenvalue weighted by molar-refractivity contribution is 9.10. The van der Waals surface area contributed by atoms with Crippen LogP contribution in [0.1, 0.15) is 24.2 Å². The van der Waals surface area contributed by atoms with Crippen LogP contribution in [-0.2, 0) is 19.4 Å². The summed E-state index contributed by atoms with van der Waals surface area (Å²) in [5.41, 5.74) is 6.66. The molecule has 0 atom stereocenters. The number of halogens is 1. The Kier molecular flexibility index (Phi) is 4.93. The zero-order chi connectivity index (χ0) is 13.7. The molecule has 0 radical (unpaired) electrons. The summed E-state index contributed by atoms with van der Waals surface area (Å²) in [4.78, 5) is 4.20. The molecule has 0 fully saturated rings. The summed E-state index contributed by atoms with van der Waals surface area (Å²) in [6.07, 6.45) is 1.51. The summed E-state index contributed by atoms with van der Waals surface area (Å²) in [7, 11) is 0. The number of benzene rings is 1. The molecular formula is C13H16BrN3O2. The molecule has 0 saturated heterocycles. The molecule has 1 aromatic carbocycles. The lowest BCUT2D eigenvalue weighted by atomic mass is 10.1. The maximum absolute atomic E-state index is 5.72. The van der Waals surface area contributed by atoms with Crippen LogP contribution >= 0.6 is 15.9 Å². The zero-order valence-electron chi connectivity index (χ0n) is 10.7. The van der Waals surface area contributed by atoms with Gasteiger partial charge < -0.3 is 15.0 Å². The number of nitrogens with zero attached hydrogens (tertiary/aromatic N) is 2. The van der Waals surface area contributed by atoms with E-state index in [0.717, 1.165) is 28.6 Å². The van der Waals surface area contributed by atoms with Gasteiger partial charge in [-0.15, -0.1) is 0 Å². The lowest BCUT2D eigenvalue weighted by Crippen LogP contribution is -2.05. The number of rotatable bonds is 6. The van der Waals surface area contributed by atoms with E-state index in [-0.39, 0.29) is 6.61 Å². The summed E-state index contributed by atoms with van der Waals surface area (Å²) in [6, 6.07) is 5.85. The largest absolute Gasteiger partial charge is 0.483 e. The second-order valence-electron chi connectivity index (χ2n) is 4.04. The molecule has 0 bridgehead atoms. The minimum absolute atomic E-state index is 0.270. The first-order valence-corrected chi connectivity index (χ1v) is 6.95. The molecule has 0 aliphatic carbocycles. The van der Waals surface area contributed by atoms with Gasteiger partial charge in [-0.3, -0.25) is 0 Å². The van der Waals surface area contributed by atoms with Gasteiger partial charge in [0.05, 0.1) is 0 Å². The molecule has 2 aromatic rings. The van der Waals surface area contributed by atoms with E-state index in [2.05, 4.69) is 26.1 Å². The SMILES string of the molecule is CCc1noc(COc2ccc(Br)cc2CCN)n1. The smallest absolute Gasteiger partial charge is 0.264 e. The fourth-order valence-corrected chi connectivity index (χ4v) is 2.08. The minimum atomic E-state index is 0.270. The Labute approximate surface area is 120 Å². The Morgan fingerprint density at radius 3 is 2.95 bits per heavy atom. The van der Waals surface area contributed by atoms with Gasteiger partial charge in [0.25, 0.3) is 5.89 Å². The summed E-state index contributed by atoms with van der Waals surface area (Å²) in [6.45, 7) is 2.82. The third-order valence-corrected chi connectivity index (χ3v) is 3.11. The molecule has 6 heteroatoms. The summed E-state index contributed by atoms with van der Waals surface area (Å²) < 4.78 is 11.8. The lowest BCUT2D eigenvalue weighted by molar-refractivity contribution is 0.240. The van der Waals surface area contributed by atoms with Crippen molar-refractivity contribution in [1.29, 1.82) is 0 Å². The van der Waals surface area contributed by atoms with Gasteiger partial charge in [-0.05, 0) is 36.7 Å². The maximum atomic E-state index is 5.72. The molecule has 1 aromatic heterocycles. The minimum Gasteiger partial charge on any atom is -0.483 e. The monoisotopic (exact) mass is 325 g/mol. The Morgan fingerprint density at radius 2 is 2.26 bits per heavy atom. The number of nitrogens with two attached hydrogens (primary N) is 1. The van der Waals surface area contributed by atoms with Crippen molar-refractivity contribution in [2.75, 3.05) is 6.54 Å². The van der Waals surface area contributed by atoms with E-state index < -0.39 is 0 Å². The molecule has 2 N–H and O–H groups in total. The van der Waals surface area contributed by atoms with E-state index in [9.17, 15) is 0 Å². The van der Waals surface area contributed by atoms with Gasteiger partial charge in [0.2, 0.25) is 0 Å². The first-order chi connectivity index (χ1) is 9.22. The van der Waals surface area contributed by atoms with E-state index in [0.29, 0.717) is 18.3 Å². The van der Waals surface area contributed by atoms with Crippen LogP contribution in [0.4, 0.5) is 0 Å². The van der Waals surface area contributed by atoms with Crippen LogP contribution in [0.3, 0.4) is 0 Å². The molecule has 0 spiro atoms. The van der Waals surface area contributed by atoms with Crippen molar-refractivity contribution < 1.29 is 9.26 Å². The topological polar surface area (TPSA) is 74.2 Å². The highest BCUT2D eigenvalue weighted by atomic mass is 79.9. The van der Waals surface area contributed by atoms with E-state index in [1.54, 1.807) is 0 Å². The van der Waals surface area contributed by atoms with Crippen molar-refractivity contribution in [1.82, 2.24) is 10.1 Å². The molecule has 102 valence electrons. The van der Waals surface area contributed by atoms with Crippen LogP contribution in [-0.4, -0.2) is 16.7 Å². The highest BCUT2D eigenvalue weighted by Gasteiger charge is 2.08. The second kappa shape index (κ2) is 6.68. The van der Waals surface area contributed by atoms with Crippen LogP contribution in [0.5, 0.6) is 5.75 Å². The fourth-order valence-electron chi connectivity index (χ4n) is 1.67. The Balaban J connectivity index is 2.05. The molecule has 19 heavy (non-hydrogen) atoms. The van der Waals surface area contributed by atoms with Crippen LogP contribution in [0, 0.1) is 0 Å². The molecule has 5 nitrogen and oxygen atoms in total. The predicted octanol–water partition coefficient (Wildman–Crippen LogP) is 2.47. The average Bonchev–Trinajstić information content (AvgIpc) is 2.86. The Bertz CT molecular complexity index is 542. The van der Waals surface area contributed by atoms with Crippen LogP contribution in [0.25, 0.3) is 0 Å². The van der Waals surface area contributed by atoms with E-state index in [1.165, 1.54) is 0 Å². The van der Waals surface area contributed by atoms with Crippen molar-refractivity contribution in [3.8, 4) is 5.75 Å². The fraction of sp³-hybridized carbons (Fsp3) is 0.385. The maximum Gasteiger partial charge on any atom is 0.264 e. The number of hydrogen-bond donors (Lipinski definition) is 1. The van der Waals surface area contributed by atoms with Gasteiger partial charge in [-0.1, -0.05) is 28.0 Å². The van der Waals surface area contributed by atoms with Crippen molar-refractivity contribution in [3.05, 3.63) is 40.0 Å². The molecule has 0 amide bonds. The summed E-state index contributed by atoms with van der Waals surface area (Å²) in [5, 5.41) is 3.83. The first-order valence-electron chi connectivity index (χ1n) is 6.15. The van der Waals surface area contributed by atoms with Crippen molar-refractivity contribution in [2.24, 2.45) is 5.73 Å². The van der Waals surface area contributed by atoms with Gasteiger partial charge >= 0.3 is 0 Å². The van der Waals surface area contributed by atoms with E-state index in [1.807, 2.05) is 25.1 Å². The molecule has 2 rings (SSSR count). The quantitative estimate of drug-likeness (QED) is 0.883. The van der Waals surface area contributed by atoms with Crippen LogP contribution in [0.15, 0.2) is 27.2 Å². The Morgan fingerprint density at radius 1 is 1.42 bits per heavy atom. The highest BCUT2D eigenvalue weighted by Crippen LogP contribution is 2.24. The van der Waals surface area contributed by atoms with Gasteiger partial charge in [0.15, 0.2) is 12.4 Å². The number of ether oxygens (including phenoxy) is 1. The molecule has 0 saturated carbocycles. The van der Waals surface area contributed by atoms with Crippen molar-refractivity contribution in [2.45, 2.75) is 26.4 Å². The predicted molar refractivity (Wildman–Crippen MR) is 74.9 cm³/mol. The standard InChI is InChI=1S/C13H16BrN3O2/c1-2-12-16-13(19-17-12)8-18-11-4-3-10(14)7-9(11)5-6-15/h3-4,7H,2,5-6,8,15H2,1H3. The number of aromatic nitrogens is 2. The van der Waals surface area contributed by atoms with E-state index >= 15 is 0 Å². The summed E-state index contributed by atoms with van der Waals surface area (Å²) >= 11 is 3.44. The molecule has 1 heterocycles. The lowest BCUT2D eigenvalue weighted by Gasteiger charge is -2.09. The molecule has 0 aliphatic rings. The second-order valence-corrected chi connectivity index (χ2v) is 4.95. The van der Waals surface area contributed by atoms with Crippen molar-refractivity contribution >= 4 is 15.9 Å². The number of hydrogen-bond acceptors (Lipinski definition) is 5. The van der Waals surface area contributed by atoms with Crippen LogP contribution < -0.4 is 10.5 Å². The number of aryl methyl sites for hydroxylation is 1. The van der Waals surface area contributed by atoms with E-state index in [4.69, 9.17) is 15.0 Å². The molecular weight excluding hydrogens is 310 g/mol. The van der Waals surface area contributed by atoms with Gasteiger partial charge in [0, 0.05) is 10.9 Å².